The summed E-state index contributed by atoms with van der Waals surface area (Å²) in [6, 6.07) is 15.8. The van der Waals surface area contributed by atoms with Crippen LogP contribution in [0.3, 0.4) is 0 Å². The molecule has 0 aromatic heterocycles. The van der Waals surface area contributed by atoms with Gasteiger partial charge in [-0.3, -0.25) is 9.59 Å². The molecule has 0 bridgehead atoms. The highest BCUT2D eigenvalue weighted by molar-refractivity contribution is 5.80. The van der Waals surface area contributed by atoms with Gasteiger partial charge in [0, 0.05) is 32.6 Å². The zero-order valence-corrected chi connectivity index (χ0v) is 18.1. The predicted octanol–water partition coefficient (Wildman–Crippen LogP) is 2.94. The van der Waals surface area contributed by atoms with Gasteiger partial charge in [0.25, 0.3) is 0 Å². The van der Waals surface area contributed by atoms with E-state index in [1.54, 1.807) is 7.11 Å². The topological polar surface area (TPSA) is 59.1 Å². The number of aryl methyl sites for hydroxylation is 1. The molecule has 1 atom stereocenters. The van der Waals surface area contributed by atoms with Gasteiger partial charge in [0.15, 0.2) is 0 Å². The van der Waals surface area contributed by atoms with Crippen molar-refractivity contribution in [3.63, 3.8) is 0 Å². The largest absolute Gasteiger partial charge is 0.497 e. The quantitative estimate of drug-likeness (QED) is 0.743. The number of ether oxygens (including phenoxy) is 2. The van der Waals surface area contributed by atoms with E-state index in [9.17, 15) is 9.59 Å². The minimum absolute atomic E-state index is 0.141. The van der Waals surface area contributed by atoms with Gasteiger partial charge < -0.3 is 19.3 Å². The zero-order chi connectivity index (χ0) is 21.6. The number of para-hydroxylation sites is 1. The number of nitrogens with zero attached hydrogens (tertiary/aromatic N) is 2. The monoisotopic (exact) mass is 422 g/mol. The number of carbonyl (C=O) groups excluding carboxylic acids is 2. The van der Waals surface area contributed by atoms with Crippen molar-refractivity contribution in [3.05, 3.63) is 59.7 Å². The third-order valence-electron chi connectivity index (χ3n) is 6.18. The van der Waals surface area contributed by atoms with Crippen molar-refractivity contribution in [2.24, 2.45) is 5.92 Å². The summed E-state index contributed by atoms with van der Waals surface area (Å²) in [7, 11) is 1.64. The Kier molecular flexibility index (Phi) is 6.75. The van der Waals surface area contributed by atoms with Crippen LogP contribution in [0.4, 0.5) is 0 Å². The number of methoxy groups -OCH3 is 1. The van der Waals surface area contributed by atoms with Crippen LogP contribution in [-0.4, -0.2) is 61.5 Å². The minimum atomic E-state index is -0.146. The molecule has 2 aliphatic rings. The number of carbonyl (C=O) groups is 2. The molecule has 164 valence electrons. The lowest BCUT2D eigenvalue weighted by Crippen LogP contribution is -2.43. The van der Waals surface area contributed by atoms with Gasteiger partial charge in [-0.2, -0.15) is 0 Å². The van der Waals surface area contributed by atoms with Gasteiger partial charge in [-0.1, -0.05) is 30.3 Å². The van der Waals surface area contributed by atoms with E-state index < -0.39 is 0 Å². The average Bonchev–Trinajstić information content (AvgIpc) is 3.08. The van der Waals surface area contributed by atoms with Crippen LogP contribution < -0.4 is 9.47 Å². The molecule has 2 aliphatic heterocycles. The fourth-order valence-electron chi connectivity index (χ4n) is 4.33. The van der Waals surface area contributed by atoms with E-state index >= 15 is 0 Å². The fourth-order valence-corrected chi connectivity index (χ4v) is 4.33. The molecular formula is C25H30N2O4. The lowest BCUT2D eigenvalue weighted by atomic mass is 9.95. The van der Waals surface area contributed by atoms with E-state index in [2.05, 4.69) is 0 Å². The highest BCUT2D eigenvalue weighted by atomic mass is 16.5. The molecular weight excluding hydrogens is 392 g/mol. The van der Waals surface area contributed by atoms with E-state index in [1.807, 2.05) is 58.3 Å². The SMILES string of the molecule is COc1ccc(CCC(=O)N2CCCN(C(=O)C3COc4ccccc4C3)CC2)cc1. The summed E-state index contributed by atoms with van der Waals surface area (Å²) in [6.07, 6.45) is 2.72. The molecule has 1 saturated heterocycles. The molecule has 6 heteroatoms. The second-order valence-corrected chi connectivity index (χ2v) is 8.23. The van der Waals surface area contributed by atoms with E-state index in [1.165, 1.54) is 0 Å². The summed E-state index contributed by atoms with van der Waals surface area (Å²) in [5, 5.41) is 0. The summed E-state index contributed by atoms with van der Waals surface area (Å²) in [4.78, 5) is 29.6. The van der Waals surface area contributed by atoms with Gasteiger partial charge in [0.05, 0.1) is 13.0 Å². The molecule has 0 radical (unpaired) electrons. The molecule has 0 saturated carbocycles. The second kappa shape index (κ2) is 9.86. The van der Waals surface area contributed by atoms with Crippen LogP contribution in [0.25, 0.3) is 0 Å². The smallest absolute Gasteiger partial charge is 0.229 e. The van der Waals surface area contributed by atoms with E-state index in [0.29, 0.717) is 45.6 Å². The van der Waals surface area contributed by atoms with Crippen LogP contribution >= 0.6 is 0 Å². The van der Waals surface area contributed by atoms with Crippen LogP contribution in [0.5, 0.6) is 11.5 Å². The number of fused-ring (bicyclic) bond motifs is 1. The Labute approximate surface area is 183 Å². The van der Waals surface area contributed by atoms with Crippen molar-refractivity contribution in [2.75, 3.05) is 39.9 Å². The van der Waals surface area contributed by atoms with E-state index in [4.69, 9.17) is 9.47 Å². The molecule has 6 nitrogen and oxygen atoms in total. The number of hydrogen-bond acceptors (Lipinski definition) is 4. The Bertz CT molecular complexity index is 912. The third kappa shape index (κ3) is 5.19. The minimum Gasteiger partial charge on any atom is -0.497 e. The predicted molar refractivity (Wildman–Crippen MR) is 118 cm³/mol. The summed E-state index contributed by atoms with van der Waals surface area (Å²) < 4.78 is 11.0. The maximum absolute atomic E-state index is 13.1. The van der Waals surface area contributed by atoms with E-state index in [0.717, 1.165) is 35.5 Å². The standard InChI is InChI=1S/C25H30N2O4/c1-30-22-10-7-19(8-11-22)9-12-24(28)26-13-4-14-27(16-15-26)25(29)21-17-20-5-2-3-6-23(20)31-18-21/h2-3,5-8,10-11,21H,4,9,12-18H2,1H3. The fraction of sp³-hybridized carbons (Fsp3) is 0.440. The summed E-state index contributed by atoms with van der Waals surface area (Å²) in [6.45, 7) is 3.01. The van der Waals surface area contributed by atoms with Gasteiger partial charge in [0.1, 0.15) is 18.1 Å². The molecule has 0 N–H and O–H groups in total. The van der Waals surface area contributed by atoms with Crippen LogP contribution in [0.15, 0.2) is 48.5 Å². The van der Waals surface area contributed by atoms with Gasteiger partial charge in [0.2, 0.25) is 11.8 Å². The van der Waals surface area contributed by atoms with Crippen molar-refractivity contribution in [3.8, 4) is 11.5 Å². The molecule has 2 aromatic rings. The Balaban J connectivity index is 1.27. The first-order valence-corrected chi connectivity index (χ1v) is 11.0. The van der Waals surface area contributed by atoms with Gasteiger partial charge in [-0.05, 0) is 48.6 Å². The Morgan fingerprint density at radius 2 is 1.74 bits per heavy atom. The van der Waals surface area contributed by atoms with Crippen molar-refractivity contribution < 1.29 is 19.1 Å². The highest BCUT2D eigenvalue weighted by Crippen LogP contribution is 2.28. The molecule has 0 spiro atoms. The highest BCUT2D eigenvalue weighted by Gasteiger charge is 2.31. The van der Waals surface area contributed by atoms with Crippen LogP contribution in [-0.2, 0) is 22.4 Å². The van der Waals surface area contributed by atoms with Gasteiger partial charge in [-0.25, -0.2) is 0 Å². The zero-order valence-electron chi connectivity index (χ0n) is 18.1. The van der Waals surface area contributed by atoms with E-state index in [-0.39, 0.29) is 17.7 Å². The number of amides is 2. The lowest BCUT2D eigenvalue weighted by molar-refractivity contribution is -0.137. The van der Waals surface area contributed by atoms with Crippen LogP contribution in [0.1, 0.15) is 24.0 Å². The lowest BCUT2D eigenvalue weighted by Gasteiger charge is -2.29. The van der Waals surface area contributed by atoms with Crippen molar-refractivity contribution >= 4 is 11.8 Å². The molecule has 0 aliphatic carbocycles. The first kappa shape index (κ1) is 21.2. The summed E-state index contributed by atoms with van der Waals surface area (Å²) >= 11 is 0. The summed E-state index contributed by atoms with van der Waals surface area (Å²) in [5.41, 5.74) is 2.22. The van der Waals surface area contributed by atoms with Gasteiger partial charge >= 0.3 is 0 Å². The van der Waals surface area contributed by atoms with Gasteiger partial charge in [-0.15, -0.1) is 0 Å². The molecule has 1 unspecified atom stereocenters. The first-order chi connectivity index (χ1) is 15.1. The Hall–Kier alpha value is -3.02. The summed E-state index contributed by atoms with van der Waals surface area (Å²) in [5.74, 6) is 1.85. The third-order valence-corrected chi connectivity index (χ3v) is 6.18. The molecule has 2 aromatic carbocycles. The van der Waals surface area contributed by atoms with Crippen molar-refractivity contribution in [2.45, 2.75) is 25.7 Å². The molecule has 1 fully saturated rings. The maximum Gasteiger partial charge on any atom is 0.229 e. The number of rotatable bonds is 5. The van der Waals surface area contributed by atoms with Crippen LogP contribution in [0.2, 0.25) is 0 Å². The molecule has 2 amide bonds. The van der Waals surface area contributed by atoms with Crippen LogP contribution in [0, 0.1) is 5.92 Å². The van der Waals surface area contributed by atoms with Crippen molar-refractivity contribution in [1.82, 2.24) is 9.80 Å². The Morgan fingerprint density at radius 1 is 1.00 bits per heavy atom. The second-order valence-electron chi connectivity index (χ2n) is 8.23. The number of benzene rings is 2. The Morgan fingerprint density at radius 3 is 2.55 bits per heavy atom. The molecule has 4 rings (SSSR count). The maximum atomic E-state index is 13.1. The molecule has 31 heavy (non-hydrogen) atoms. The average molecular weight is 423 g/mol. The van der Waals surface area contributed by atoms with Crippen molar-refractivity contribution in [1.29, 1.82) is 0 Å². The normalized spacial score (nSPS) is 18.5. The number of hydrogen-bond donors (Lipinski definition) is 0. The molecule has 2 heterocycles. The first-order valence-electron chi connectivity index (χ1n) is 11.0.